The van der Waals surface area contributed by atoms with Crippen LogP contribution in [0, 0.1) is 11.3 Å². The molecule has 2 N–H and O–H groups in total. The van der Waals surface area contributed by atoms with Crippen molar-refractivity contribution in [3.05, 3.63) is 169 Å². The van der Waals surface area contributed by atoms with Gasteiger partial charge >= 0.3 is 0 Å². The Morgan fingerprint density at radius 3 is 1.76 bits per heavy atom. The quantitative estimate of drug-likeness (QED) is 0.179. The zero-order valence-electron chi connectivity index (χ0n) is 29.4. The molecule has 0 saturated carbocycles. The van der Waals surface area contributed by atoms with Crippen molar-refractivity contribution in [2.75, 3.05) is 5.73 Å². The first-order chi connectivity index (χ1) is 27.1. The van der Waals surface area contributed by atoms with Crippen molar-refractivity contribution in [3.63, 3.8) is 0 Å². The fourth-order valence-electron chi connectivity index (χ4n) is 8.38. The normalized spacial score (nSPS) is 11.8. The summed E-state index contributed by atoms with van der Waals surface area (Å²) in [5, 5.41) is 16.4. The van der Waals surface area contributed by atoms with Crippen molar-refractivity contribution >= 4 is 71.1 Å². The van der Waals surface area contributed by atoms with Crippen LogP contribution in [-0.2, 0) is 6.54 Å². The van der Waals surface area contributed by atoms with Crippen molar-refractivity contribution in [2.24, 2.45) is 0 Å². The Morgan fingerprint density at radius 1 is 0.491 bits per heavy atom. The Labute approximate surface area is 314 Å². The van der Waals surface area contributed by atoms with E-state index in [2.05, 4.69) is 117 Å². The van der Waals surface area contributed by atoms with Crippen molar-refractivity contribution in [3.8, 4) is 29.1 Å². The minimum absolute atomic E-state index is 0.421. The molecule has 0 amide bonds. The van der Waals surface area contributed by atoms with Gasteiger partial charge in [-0.3, -0.25) is 4.57 Å². The van der Waals surface area contributed by atoms with E-state index in [4.69, 9.17) is 20.7 Å². The SMILES string of the molecule is N#Cc1ccc2c(c1)c1ccccc1n2-c1ccccc1-c1nc(Cn2c3ccccc3c3ccccc32)nc(-n2c3ccccc3c3ccc(N)cc32)n1. The maximum atomic E-state index is 9.78. The molecule has 4 aromatic heterocycles. The maximum Gasteiger partial charge on any atom is 0.238 e. The van der Waals surface area contributed by atoms with Crippen LogP contribution in [0.2, 0.25) is 0 Å². The summed E-state index contributed by atoms with van der Waals surface area (Å²) in [5.74, 6) is 1.68. The number of nitrogens with two attached hydrogens (primary N) is 1. The highest BCUT2D eigenvalue weighted by molar-refractivity contribution is 6.11. The lowest BCUT2D eigenvalue weighted by molar-refractivity contribution is 0.770. The number of hydrogen-bond donors (Lipinski definition) is 1. The molecule has 4 heterocycles. The predicted molar refractivity (Wildman–Crippen MR) is 222 cm³/mol. The smallest absolute Gasteiger partial charge is 0.238 e. The summed E-state index contributed by atoms with van der Waals surface area (Å²) in [5.41, 5.74) is 15.6. The number of fused-ring (bicyclic) bond motifs is 9. The van der Waals surface area contributed by atoms with E-state index in [9.17, 15) is 5.26 Å². The molecule has 0 bridgehead atoms. The lowest BCUT2D eigenvalue weighted by Gasteiger charge is -2.15. The Bertz CT molecular complexity index is 3340. The first-order valence-corrected chi connectivity index (χ1v) is 18.2. The lowest BCUT2D eigenvalue weighted by atomic mass is 10.1. The number of para-hydroxylation sites is 5. The van der Waals surface area contributed by atoms with E-state index in [1.54, 1.807) is 0 Å². The topological polar surface area (TPSA) is 103 Å². The molecule has 0 saturated heterocycles. The number of nitrogens with zero attached hydrogens (tertiary/aromatic N) is 7. The van der Waals surface area contributed by atoms with Crippen molar-refractivity contribution in [1.82, 2.24) is 28.7 Å². The molecule has 0 fully saturated rings. The molecule has 0 aliphatic carbocycles. The second-order valence-corrected chi connectivity index (χ2v) is 13.8. The van der Waals surface area contributed by atoms with Crippen LogP contribution in [0.3, 0.4) is 0 Å². The van der Waals surface area contributed by atoms with Gasteiger partial charge in [-0.1, -0.05) is 91.0 Å². The van der Waals surface area contributed by atoms with E-state index in [1.807, 2.05) is 60.7 Å². The first-order valence-electron chi connectivity index (χ1n) is 18.2. The van der Waals surface area contributed by atoms with Crippen LogP contribution in [0.25, 0.3) is 88.4 Å². The maximum absolute atomic E-state index is 9.78. The Balaban J connectivity index is 1.20. The molecule has 8 heteroatoms. The summed E-state index contributed by atoms with van der Waals surface area (Å²) in [6.45, 7) is 0.421. The molecule has 0 radical (unpaired) electrons. The number of anilines is 1. The van der Waals surface area contributed by atoms with E-state index >= 15 is 0 Å². The average molecular weight is 707 g/mol. The van der Waals surface area contributed by atoms with Gasteiger partial charge in [-0.2, -0.15) is 15.2 Å². The molecular weight excluding hydrogens is 677 g/mol. The van der Waals surface area contributed by atoms with Crippen LogP contribution in [-0.4, -0.2) is 28.7 Å². The van der Waals surface area contributed by atoms with Gasteiger partial charge in [0.15, 0.2) is 11.6 Å². The van der Waals surface area contributed by atoms with E-state index in [0.29, 0.717) is 35.4 Å². The van der Waals surface area contributed by atoms with Crippen LogP contribution in [0.4, 0.5) is 5.69 Å². The van der Waals surface area contributed by atoms with Gasteiger partial charge in [-0.15, -0.1) is 0 Å². The number of nitrogen functional groups attached to an aromatic ring is 1. The molecule has 8 nitrogen and oxygen atoms in total. The highest BCUT2D eigenvalue weighted by atomic mass is 15.2. The number of rotatable bonds is 5. The van der Waals surface area contributed by atoms with E-state index in [1.165, 1.54) is 10.8 Å². The molecule has 0 aliphatic rings. The molecule has 0 aliphatic heterocycles. The van der Waals surface area contributed by atoms with Crippen LogP contribution in [0.15, 0.2) is 158 Å². The second-order valence-electron chi connectivity index (χ2n) is 13.8. The Kier molecular flexibility index (Phi) is 6.66. The van der Waals surface area contributed by atoms with E-state index in [0.717, 1.165) is 65.9 Å². The number of nitriles is 1. The Morgan fingerprint density at radius 2 is 1.05 bits per heavy atom. The van der Waals surface area contributed by atoms with Gasteiger partial charge in [-0.05, 0) is 66.7 Å². The van der Waals surface area contributed by atoms with Crippen molar-refractivity contribution in [1.29, 1.82) is 5.26 Å². The van der Waals surface area contributed by atoms with Gasteiger partial charge in [0.1, 0.15) is 0 Å². The first kappa shape index (κ1) is 30.8. The third-order valence-corrected chi connectivity index (χ3v) is 10.7. The summed E-state index contributed by atoms with van der Waals surface area (Å²) in [4.78, 5) is 15.9. The zero-order chi connectivity index (χ0) is 36.6. The van der Waals surface area contributed by atoms with Crippen molar-refractivity contribution in [2.45, 2.75) is 6.54 Å². The number of aromatic nitrogens is 6. The molecule has 258 valence electrons. The van der Waals surface area contributed by atoms with Gasteiger partial charge in [0.2, 0.25) is 5.95 Å². The summed E-state index contributed by atoms with van der Waals surface area (Å²) >= 11 is 0. The molecule has 55 heavy (non-hydrogen) atoms. The standard InChI is InChI=1S/C47H30N8/c48-27-29-21-24-43-37(25-29)34-14-4-8-18-40(34)54(43)42-20-10-5-15-36(42)46-50-45(28-53-38-16-6-1-11-31(38)32-12-2-7-17-39(32)53)51-47(52-46)55-41-19-9-3-13-33(41)35-23-22-30(49)26-44(35)55/h1-26H,28,49H2. The third-order valence-electron chi connectivity index (χ3n) is 10.7. The van der Waals surface area contributed by atoms with E-state index < -0.39 is 0 Å². The van der Waals surface area contributed by atoms with Crippen molar-refractivity contribution < 1.29 is 0 Å². The second kappa shape index (κ2) is 11.9. The van der Waals surface area contributed by atoms with E-state index in [-0.39, 0.29) is 0 Å². The van der Waals surface area contributed by atoms with Gasteiger partial charge < -0.3 is 14.9 Å². The minimum Gasteiger partial charge on any atom is -0.399 e. The van der Waals surface area contributed by atoms with Gasteiger partial charge in [0, 0.05) is 54.6 Å². The number of benzene rings is 7. The van der Waals surface area contributed by atoms with Gasteiger partial charge in [0.05, 0.1) is 45.9 Å². The van der Waals surface area contributed by atoms with Crippen LogP contribution >= 0.6 is 0 Å². The average Bonchev–Trinajstić information content (AvgIpc) is 3.86. The Hall–Kier alpha value is -7.76. The zero-order valence-corrected chi connectivity index (χ0v) is 29.4. The highest BCUT2D eigenvalue weighted by Gasteiger charge is 2.22. The summed E-state index contributed by atoms with van der Waals surface area (Å²) in [6.07, 6.45) is 0. The van der Waals surface area contributed by atoms with Crippen LogP contribution < -0.4 is 5.73 Å². The number of hydrogen-bond acceptors (Lipinski definition) is 5. The van der Waals surface area contributed by atoms with Gasteiger partial charge in [-0.25, -0.2) is 4.98 Å². The lowest BCUT2D eigenvalue weighted by Crippen LogP contribution is -2.12. The monoisotopic (exact) mass is 706 g/mol. The molecule has 11 rings (SSSR count). The molecular formula is C47H30N8. The van der Waals surface area contributed by atoms with Crippen LogP contribution in [0.1, 0.15) is 11.4 Å². The summed E-state index contributed by atoms with van der Waals surface area (Å²) < 4.78 is 6.65. The molecule has 0 unspecified atom stereocenters. The minimum atomic E-state index is 0.421. The third kappa shape index (κ3) is 4.67. The highest BCUT2D eigenvalue weighted by Crippen LogP contribution is 2.37. The molecule has 11 aromatic rings. The fourth-order valence-corrected chi connectivity index (χ4v) is 8.38. The molecule has 0 spiro atoms. The van der Waals surface area contributed by atoms with Crippen LogP contribution in [0.5, 0.6) is 0 Å². The molecule has 7 aromatic carbocycles. The largest absolute Gasteiger partial charge is 0.399 e. The predicted octanol–water partition coefficient (Wildman–Crippen LogP) is 10.3. The summed E-state index contributed by atoms with van der Waals surface area (Å²) in [7, 11) is 0. The summed E-state index contributed by atoms with van der Waals surface area (Å²) in [6, 6.07) is 56.0. The van der Waals surface area contributed by atoms with Gasteiger partial charge in [0.25, 0.3) is 0 Å². The fraction of sp³-hybridized carbons (Fsp3) is 0.0213. The molecule has 0 atom stereocenters.